The van der Waals surface area contributed by atoms with E-state index >= 15 is 0 Å². The van der Waals surface area contributed by atoms with Gasteiger partial charge in [-0.15, -0.1) is 11.3 Å². The van der Waals surface area contributed by atoms with E-state index in [4.69, 9.17) is 9.47 Å². The number of hydrogen-bond donors (Lipinski definition) is 1. The van der Waals surface area contributed by atoms with Gasteiger partial charge in [0, 0.05) is 11.8 Å². The van der Waals surface area contributed by atoms with Crippen LogP contribution < -0.4 is 15.2 Å². The first-order valence-corrected chi connectivity index (χ1v) is 10.6. The molecule has 2 aromatic heterocycles. The van der Waals surface area contributed by atoms with E-state index < -0.39 is 12.1 Å². The average molecular weight is 425 g/mol. The number of rotatable bonds is 3. The maximum Gasteiger partial charge on any atom is 0.349 e. The topological polar surface area (TPSA) is 102 Å². The maximum atomic E-state index is 12.6. The van der Waals surface area contributed by atoms with Gasteiger partial charge < -0.3 is 19.4 Å². The molecule has 1 atom stereocenters. The molecule has 0 bridgehead atoms. The molecule has 1 amide bonds. The number of aryl methyl sites for hydroxylation is 2. The summed E-state index contributed by atoms with van der Waals surface area (Å²) in [4.78, 5) is 47.7. The van der Waals surface area contributed by atoms with Gasteiger partial charge in [0.25, 0.3) is 5.56 Å². The van der Waals surface area contributed by atoms with Gasteiger partial charge in [-0.05, 0) is 37.0 Å². The van der Waals surface area contributed by atoms with Crippen LogP contribution in [0.5, 0.6) is 5.75 Å². The van der Waals surface area contributed by atoms with Gasteiger partial charge in [0.1, 0.15) is 23.0 Å². The molecule has 0 saturated carbocycles. The van der Waals surface area contributed by atoms with E-state index in [0.29, 0.717) is 27.5 Å². The molecule has 0 spiro atoms. The molecule has 9 heteroatoms. The summed E-state index contributed by atoms with van der Waals surface area (Å²) >= 11 is 1.53. The van der Waals surface area contributed by atoms with Gasteiger partial charge in [-0.3, -0.25) is 9.59 Å². The summed E-state index contributed by atoms with van der Waals surface area (Å²) < 4.78 is 11.1. The molecule has 30 heavy (non-hydrogen) atoms. The molecule has 0 unspecified atom stereocenters. The van der Waals surface area contributed by atoms with Crippen molar-refractivity contribution >= 4 is 39.1 Å². The number of ether oxygens (including phenoxy) is 2. The molecule has 1 aromatic carbocycles. The summed E-state index contributed by atoms with van der Waals surface area (Å²) in [6.07, 6.45) is 2.00. The molecule has 154 valence electrons. The van der Waals surface area contributed by atoms with Crippen molar-refractivity contribution in [3.8, 4) is 5.75 Å². The molecule has 1 aliphatic carbocycles. The SMILES string of the molecule is CC(=O)N1C[C@H](C(=O)OCc2nc3sc4c(c3c(=O)[nH]2)CCC4)Oc2ccccc21. The van der Waals surface area contributed by atoms with E-state index in [2.05, 4.69) is 9.97 Å². The lowest BCUT2D eigenvalue weighted by molar-refractivity contribution is -0.153. The summed E-state index contributed by atoms with van der Waals surface area (Å²) in [5.74, 6) is -0.0692. The predicted octanol–water partition coefficient (Wildman–Crippen LogP) is 2.33. The third kappa shape index (κ3) is 3.15. The normalized spacial score (nSPS) is 17.4. The van der Waals surface area contributed by atoms with Gasteiger partial charge in [0.2, 0.25) is 12.0 Å². The van der Waals surface area contributed by atoms with Crippen molar-refractivity contribution < 1.29 is 19.1 Å². The molecule has 0 saturated heterocycles. The molecular formula is C21H19N3O5S. The highest BCUT2D eigenvalue weighted by Crippen LogP contribution is 2.35. The fraction of sp³-hybridized carbons (Fsp3) is 0.333. The number of carbonyl (C=O) groups excluding carboxylic acids is 2. The number of carbonyl (C=O) groups is 2. The molecule has 5 rings (SSSR count). The van der Waals surface area contributed by atoms with E-state index in [0.717, 1.165) is 24.8 Å². The predicted molar refractivity (Wildman–Crippen MR) is 111 cm³/mol. The highest BCUT2D eigenvalue weighted by atomic mass is 32.1. The summed E-state index contributed by atoms with van der Waals surface area (Å²) in [5.41, 5.74) is 1.53. The molecule has 1 N–H and O–H groups in total. The Morgan fingerprint density at radius 3 is 3.00 bits per heavy atom. The number of benzene rings is 1. The van der Waals surface area contributed by atoms with Crippen LogP contribution >= 0.6 is 11.3 Å². The van der Waals surface area contributed by atoms with Gasteiger partial charge in [-0.2, -0.15) is 0 Å². The number of esters is 1. The van der Waals surface area contributed by atoms with Crippen LogP contribution in [0.15, 0.2) is 29.1 Å². The van der Waals surface area contributed by atoms with Crippen LogP contribution in [-0.4, -0.2) is 34.5 Å². The number of nitrogens with zero attached hydrogens (tertiary/aromatic N) is 2. The molecule has 8 nitrogen and oxygen atoms in total. The summed E-state index contributed by atoms with van der Waals surface area (Å²) in [7, 11) is 0. The van der Waals surface area contributed by atoms with Crippen molar-refractivity contribution in [2.45, 2.75) is 38.9 Å². The second kappa shape index (κ2) is 7.24. The van der Waals surface area contributed by atoms with Crippen LogP contribution in [0.1, 0.15) is 29.6 Å². The van der Waals surface area contributed by atoms with Crippen LogP contribution in [-0.2, 0) is 33.8 Å². The number of hydrogen-bond acceptors (Lipinski definition) is 7. The van der Waals surface area contributed by atoms with Crippen molar-refractivity contribution in [3.05, 3.63) is 50.9 Å². The molecule has 1 aliphatic heterocycles. The van der Waals surface area contributed by atoms with Crippen LogP contribution in [0.25, 0.3) is 10.2 Å². The summed E-state index contributed by atoms with van der Waals surface area (Å²) in [6, 6.07) is 7.04. The fourth-order valence-electron chi connectivity index (χ4n) is 4.00. The van der Waals surface area contributed by atoms with Gasteiger partial charge in [-0.25, -0.2) is 9.78 Å². The Hall–Kier alpha value is -3.20. The molecule has 0 fully saturated rings. The van der Waals surface area contributed by atoms with E-state index in [1.165, 1.54) is 28.0 Å². The quantitative estimate of drug-likeness (QED) is 0.647. The minimum Gasteiger partial charge on any atom is -0.475 e. The smallest absolute Gasteiger partial charge is 0.349 e. The first-order chi connectivity index (χ1) is 14.5. The number of fused-ring (bicyclic) bond motifs is 4. The third-order valence-corrected chi connectivity index (χ3v) is 6.58. The van der Waals surface area contributed by atoms with Gasteiger partial charge in [0.05, 0.1) is 17.6 Å². The molecule has 2 aliphatic rings. The van der Waals surface area contributed by atoms with Crippen molar-refractivity contribution in [2.75, 3.05) is 11.4 Å². The zero-order valence-electron chi connectivity index (χ0n) is 16.3. The fourth-order valence-corrected chi connectivity index (χ4v) is 5.28. The Morgan fingerprint density at radius 2 is 2.17 bits per heavy atom. The van der Waals surface area contributed by atoms with Gasteiger partial charge in [-0.1, -0.05) is 12.1 Å². The Bertz CT molecular complexity index is 1230. The molecule has 3 aromatic rings. The lowest BCUT2D eigenvalue weighted by Gasteiger charge is -2.33. The number of anilines is 1. The third-order valence-electron chi connectivity index (χ3n) is 5.39. The highest BCUT2D eigenvalue weighted by molar-refractivity contribution is 7.18. The van der Waals surface area contributed by atoms with Crippen molar-refractivity contribution in [1.82, 2.24) is 9.97 Å². The Morgan fingerprint density at radius 1 is 1.33 bits per heavy atom. The number of H-pyrrole nitrogens is 1. The lowest BCUT2D eigenvalue weighted by Crippen LogP contribution is -2.47. The first-order valence-electron chi connectivity index (χ1n) is 9.75. The maximum absolute atomic E-state index is 12.6. The average Bonchev–Trinajstić information content (AvgIpc) is 3.31. The highest BCUT2D eigenvalue weighted by Gasteiger charge is 2.33. The van der Waals surface area contributed by atoms with Crippen LogP contribution in [0.3, 0.4) is 0 Å². The monoisotopic (exact) mass is 425 g/mol. The minimum absolute atomic E-state index is 0.0613. The van der Waals surface area contributed by atoms with Gasteiger partial charge in [0.15, 0.2) is 0 Å². The van der Waals surface area contributed by atoms with Crippen molar-refractivity contribution in [1.29, 1.82) is 0 Å². The Kier molecular flexibility index (Phi) is 4.54. The second-order valence-electron chi connectivity index (χ2n) is 7.36. The molecular weight excluding hydrogens is 406 g/mol. The zero-order valence-corrected chi connectivity index (χ0v) is 17.1. The van der Waals surface area contributed by atoms with E-state index in [-0.39, 0.29) is 24.6 Å². The number of nitrogens with one attached hydrogen (secondary N) is 1. The number of thiophene rings is 1. The first kappa shape index (κ1) is 18.8. The Labute approximate surface area is 175 Å². The Balaban J connectivity index is 1.33. The number of amides is 1. The summed E-state index contributed by atoms with van der Waals surface area (Å²) in [6.45, 7) is 1.33. The summed E-state index contributed by atoms with van der Waals surface area (Å²) in [5, 5.41) is 0.659. The number of aromatic amines is 1. The van der Waals surface area contributed by atoms with Crippen molar-refractivity contribution in [3.63, 3.8) is 0 Å². The van der Waals surface area contributed by atoms with Crippen LogP contribution in [0.4, 0.5) is 5.69 Å². The van der Waals surface area contributed by atoms with E-state index in [9.17, 15) is 14.4 Å². The van der Waals surface area contributed by atoms with Crippen LogP contribution in [0, 0.1) is 0 Å². The number of para-hydroxylation sites is 2. The number of aromatic nitrogens is 2. The standard InChI is InChI=1S/C21H19N3O5S/c1-11(25)24-9-15(29-14-7-3-2-6-13(14)24)21(27)28-10-17-22-19(26)18-12-5-4-8-16(12)30-20(18)23-17/h2-3,6-7,15H,4-5,8-10H2,1H3,(H,22,23,26)/t15-/m1/s1. The van der Waals surface area contributed by atoms with Crippen LogP contribution in [0.2, 0.25) is 0 Å². The van der Waals surface area contributed by atoms with E-state index in [1.54, 1.807) is 24.3 Å². The molecule has 0 radical (unpaired) electrons. The second-order valence-corrected chi connectivity index (χ2v) is 8.45. The lowest BCUT2D eigenvalue weighted by atomic mass is 10.2. The minimum atomic E-state index is -0.954. The van der Waals surface area contributed by atoms with Crippen molar-refractivity contribution in [2.24, 2.45) is 0 Å². The zero-order chi connectivity index (χ0) is 20.8. The van der Waals surface area contributed by atoms with E-state index in [1.807, 2.05) is 0 Å². The largest absolute Gasteiger partial charge is 0.475 e. The van der Waals surface area contributed by atoms with Gasteiger partial charge >= 0.3 is 5.97 Å². The molecule has 3 heterocycles.